The van der Waals surface area contributed by atoms with Crippen molar-refractivity contribution in [3.63, 3.8) is 0 Å². The molecule has 1 fully saturated rings. The summed E-state index contributed by atoms with van der Waals surface area (Å²) in [6.07, 6.45) is 1.85. The first-order valence-electron chi connectivity index (χ1n) is 11.1. The van der Waals surface area contributed by atoms with Gasteiger partial charge >= 0.3 is 0 Å². The lowest BCUT2D eigenvalue weighted by molar-refractivity contribution is 0.282. The molecule has 5 nitrogen and oxygen atoms in total. The number of hydrogen-bond donors (Lipinski definition) is 2. The van der Waals surface area contributed by atoms with Gasteiger partial charge in [0.15, 0.2) is 0 Å². The number of aliphatic hydroxyl groups excluding tert-OH is 1. The number of likely N-dealkylation sites (N-methyl/N-ethyl adjacent to an activating group) is 1. The Morgan fingerprint density at radius 3 is 2.28 bits per heavy atom. The highest BCUT2D eigenvalue weighted by Gasteiger charge is 2.14. The Balaban J connectivity index is 1.40. The van der Waals surface area contributed by atoms with E-state index in [0.717, 1.165) is 65.1 Å². The summed E-state index contributed by atoms with van der Waals surface area (Å²) in [6.45, 7) is 4.41. The van der Waals surface area contributed by atoms with E-state index < -0.39 is 0 Å². The molecule has 1 aliphatic rings. The Labute approximate surface area is 188 Å². The number of aliphatic hydroxyl groups is 1. The van der Waals surface area contributed by atoms with E-state index in [0.29, 0.717) is 0 Å². The van der Waals surface area contributed by atoms with Crippen LogP contribution in [0.15, 0.2) is 79.0 Å². The maximum absolute atomic E-state index is 9.30. The van der Waals surface area contributed by atoms with Crippen molar-refractivity contribution >= 4 is 28.0 Å². The topological polar surface area (TPSA) is 51.6 Å². The Morgan fingerprint density at radius 2 is 1.56 bits per heavy atom. The minimum absolute atomic E-state index is 0.0591. The molecule has 0 atom stereocenters. The smallest absolute Gasteiger partial charge is 0.0723 e. The Kier molecular flexibility index (Phi) is 5.75. The van der Waals surface area contributed by atoms with E-state index in [-0.39, 0.29) is 6.61 Å². The van der Waals surface area contributed by atoms with Gasteiger partial charge in [-0.1, -0.05) is 30.3 Å². The second kappa shape index (κ2) is 8.99. The van der Waals surface area contributed by atoms with Crippen LogP contribution in [0.4, 0.5) is 17.1 Å². The van der Waals surface area contributed by atoms with Crippen molar-refractivity contribution in [3.8, 4) is 11.1 Å². The highest BCUT2D eigenvalue weighted by atomic mass is 16.3. The molecule has 2 heterocycles. The zero-order valence-corrected chi connectivity index (χ0v) is 18.3. The van der Waals surface area contributed by atoms with Crippen LogP contribution in [0.25, 0.3) is 22.0 Å². The van der Waals surface area contributed by atoms with Crippen LogP contribution < -0.4 is 10.2 Å². The van der Waals surface area contributed by atoms with Gasteiger partial charge in [0.1, 0.15) is 0 Å². The number of fused-ring (bicyclic) bond motifs is 1. The van der Waals surface area contributed by atoms with E-state index in [1.807, 2.05) is 36.5 Å². The van der Waals surface area contributed by atoms with Crippen LogP contribution in [0.2, 0.25) is 0 Å². The summed E-state index contributed by atoms with van der Waals surface area (Å²) in [4.78, 5) is 9.36. The van der Waals surface area contributed by atoms with Gasteiger partial charge in [-0.2, -0.15) is 0 Å². The van der Waals surface area contributed by atoms with Crippen LogP contribution in [-0.2, 0) is 6.61 Å². The fraction of sp³-hybridized carbons (Fsp3) is 0.222. The van der Waals surface area contributed by atoms with Gasteiger partial charge in [-0.3, -0.25) is 4.98 Å². The molecule has 2 N–H and O–H groups in total. The second-order valence-corrected chi connectivity index (χ2v) is 8.41. The average Bonchev–Trinajstić information content (AvgIpc) is 2.85. The Hall–Kier alpha value is -3.41. The highest BCUT2D eigenvalue weighted by Crippen LogP contribution is 2.30. The molecule has 0 bridgehead atoms. The molecule has 0 unspecified atom stereocenters. The molecular weight excluding hydrogens is 396 g/mol. The summed E-state index contributed by atoms with van der Waals surface area (Å²) in [7, 11) is 2.18. The van der Waals surface area contributed by atoms with Gasteiger partial charge in [0.25, 0.3) is 0 Å². The monoisotopic (exact) mass is 424 g/mol. The summed E-state index contributed by atoms with van der Waals surface area (Å²) in [5.41, 5.74) is 7.50. The third-order valence-electron chi connectivity index (χ3n) is 6.23. The predicted octanol–water partition coefficient (Wildman–Crippen LogP) is 4.89. The number of piperazine rings is 1. The molecule has 32 heavy (non-hydrogen) atoms. The summed E-state index contributed by atoms with van der Waals surface area (Å²) in [5, 5.41) is 14.0. The standard InChI is InChI=1S/C27H28N4O/c1-30-14-16-31(17-15-30)24-9-7-23(8-10-24)29-27-12-13-28-26-11-6-22(18-25(26)27)21-4-2-20(19-32)3-5-21/h2-13,18,32H,14-17,19H2,1H3,(H,28,29). The van der Waals surface area contributed by atoms with E-state index in [1.165, 1.54) is 5.69 Å². The summed E-state index contributed by atoms with van der Waals surface area (Å²) in [6, 6.07) is 25.1. The van der Waals surface area contributed by atoms with Gasteiger partial charge in [-0.25, -0.2) is 0 Å². The van der Waals surface area contributed by atoms with Crippen LogP contribution in [0, 0.1) is 0 Å². The fourth-order valence-electron chi connectivity index (χ4n) is 4.21. The van der Waals surface area contributed by atoms with Gasteiger partial charge in [0.05, 0.1) is 12.1 Å². The predicted molar refractivity (Wildman–Crippen MR) is 133 cm³/mol. The number of nitrogens with one attached hydrogen (secondary N) is 1. The lowest BCUT2D eigenvalue weighted by atomic mass is 10.0. The lowest BCUT2D eigenvalue weighted by Gasteiger charge is -2.34. The van der Waals surface area contributed by atoms with Crippen molar-refractivity contribution in [2.24, 2.45) is 0 Å². The van der Waals surface area contributed by atoms with Crippen LogP contribution in [0.5, 0.6) is 0 Å². The van der Waals surface area contributed by atoms with Gasteiger partial charge in [-0.15, -0.1) is 0 Å². The number of aromatic nitrogens is 1. The number of benzene rings is 3. The third-order valence-corrected chi connectivity index (χ3v) is 6.23. The summed E-state index contributed by atoms with van der Waals surface area (Å²) in [5.74, 6) is 0. The van der Waals surface area contributed by atoms with Gasteiger partial charge < -0.3 is 20.2 Å². The first kappa shape index (κ1) is 20.5. The minimum atomic E-state index is 0.0591. The van der Waals surface area contributed by atoms with Crippen molar-refractivity contribution in [2.75, 3.05) is 43.4 Å². The molecule has 5 heteroatoms. The molecule has 1 aromatic heterocycles. The van der Waals surface area contributed by atoms with Crippen LogP contribution in [0.1, 0.15) is 5.56 Å². The molecule has 162 valence electrons. The zero-order valence-electron chi connectivity index (χ0n) is 18.3. The largest absolute Gasteiger partial charge is 0.392 e. The van der Waals surface area contributed by atoms with Crippen LogP contribution >= 0.6 is 0 Å². The first-order valence-corrected chi connectivity index (χ1v) is 11.1. The number of nitrogens with zero attached hydrogens (tertiary/aromatic N) is 3. The van der Waals surface area contributed by atoms with Gasteiger partial charge in [0, 0.05) is 54.8 Å². The lowest BCUT2D eigenvalue weighted by Crippen LogP contribution is -2.44. The second-order valence-electron chi connectivity index (χ2n) is 8.41. The molecule has 4 aromatic rings. The van der Waals surface area contributed by atoms with Crippen LogP contribution in [-0.4, -0.2) is 48.2 Å². The Bertz CT molecular complexity index is 1200. The van der Waals surface area contributed by atoms with E-state index in [9.17, 15) is 5.11 Å². The maximum Gasteiger partial charge on any atom is 0.0723 e. The SMILES string of the molecule is CN1CCN(c2ccc(Nc3ccnc4ccc(-c5ccc(CO)cc5)cc34)cc2)CC1. The quantitative estimate of drug-likeness (QED) is 0.478. The number of pyridine rings is 1. The number of rotatable bonds is 5. The van der Waals surface area contributed by atoms with Crippen molar-refractivity contribution < 1.29 is 5.11 Å². The molecule has 3 aromatic carbocycles. The average molecular weight is 425 g/mol. The molecule has 5 rings (SSSR count). The molecule has 0 aliphatic carbocycles. The maximum atomic E-state index is 9.30. The molecule has 0 spiro atoms. The van der Waals surface area contributed by atoms with Crippen molar-refractivity contribution in [3.05, 3.63) is 84.6 Å². The summed E-state index contributed by atoms with van der Waals surface area (Å²) < 4.78 is 0. The highest BCUT2D eigenvalue weighted by molar-refractivity contribution is 5.95. The van der Waals surface area contributed by atoms with Gasteiger partial charge in [0.2, 0.25) is 0 Å². The first-order chi connectivity index (χ1) is 15.7. The minimum Gasteiger partial charge on any atom is -0.392 e. The molecule has 1 saturated heterocycles. The van der Waals surface area contributed by atoms with E-state index in [1.54, 1.807) is 0 Å². The van der Waals surface area contributed by atoms with E-state index in [4.69, 9.17) is 0 Å². The van der Waals surface area contributed by atoms with Crippen molar-refractivity contribution in [1.29, 1.82) is 0 Å². The molecule has 0 radical (unpaired) electrons. The molecular formula is C27H28N4O. The number of anilines is 3. The number of hydrogen-bond acceptors (Lipinski definition) is 5. The third kappa shape index (κ3) is 4.31. The van der Waals surface area contributed by atoms with Crippen molar-refractivity contribution in [1.82, 2.24) is 9.88 Å². The van der Waals surface area contributed by atoms with Crippen molar-refractivity contribution in [2.45, 2.75) is 6.61 Å². The summed E-state index contributed by atoms with van der Waals surface area (Å²) >= 11 is 0. The molecule has 0 saturated carbocycles. The Morgan fingerprint density at radius 1 is 0.844 bits per heavy atom. The molecule has 1 aliphatic heterocycles. The fourth-order valence-corrected chi connectivity index (χ4v) is 4.21. The van der Waals surface area contributed by atoms with Crippen LogP contribution in [0.3, 0.4) is 0 Å². The van der Waals surface area contributed by atoms with Gasteiger partial charge in [-0.05, 0) is 66.2 Å². The van der Waals surface area contributed by atoms with E-state index >= 15 is 0 Å². The molecule has 0 amide bonds. The van der Waals surface area contributed by atoms with E-state index in [2.05, 4.69) is 69.6 Å². The zero-order chi connectivity index (χ0) is 21.9. The normalized spacial score (nSPS) is 14.6.